The molecule has 118 valence electrons. The van der Waals surface area contributed by atoms with Gasteiger partial charge in [0.15, 0.2) is 0 Å². The standard InChI is InChI=1S/C18H9Cl2FN2S/c19-14-5-4-11(21)9-13(14)12-3-1-2-10-8-16(24-17(10)12)15-6-7-22-18(20)23-15/h1-9H. The molecular weight excluding hydrogens is 366 g/mol. The van der Waals surface area contributed by atoms with E-state index < -0.39 is 0 Å². The molecule has 4 rings (SSSR count). The van der Waals surface area contributed by atoms with Crippen LogP contribution in [0.2, 0.25) is 10.3 Å². The molecule has 0 spiro atoms. The Morgan fingerprint density at radius 3 is 2.67 bits per heavy atom. The van der Waals surface area contributed by atoms with Gasteiger partial charge in [-0.3, -0.25) is 0 Å². The predicted molar refractivity (Wildman–Crippen MR) is 98.3 cm³/mol. The first-order chi connectivity index (χ1) is 11.6. The molecule has 0 amide bonds. The molecule has 0 aliphatic carbocycles. The molecule has 2 aromatic heterocycles. The van der Waals surface area contributed by atoms with Crippen molar-refractivity contribution in [2.75, 3.05) is 0 Å². The number of rotatable bonds is 2. The third-order valence-electron chi connectivity index (χ3n) is 3.64. The van der Waals surface area contributed by atoms with Crippen molar-refractivity contribution in [1.29, 1.82) is 0 Å². The van der Waals surface area contributed by atoms with Crippen LogP contribution in [0, 0.1) is 5.82 Å². The van der Waals surface area contributed by atoms with Crippen LogP contribution in [0.4, 0.5) is 4.39 Å². The van der Waals surface area contributed by atoms with Gasteiger partial charge in [0.2, 0.25) is 5.28 Å². The first kappa shape index (κ1) is 15.5. The molecule has 0 saturated heterocycles. The number of halogens is 3. The highest BCUT2D eigenvalue weighted by Gasteiger charge is 2.13. The minimum absolute atomic E-state index is 0.207. The van der Waals surface area contributed by atoms with E-state index in [0.29, 0.717) is 10.6 Å². The Hall–Kier alpha value is -2.01. The molecule has 0 N–H and O–H groups in total. The molecule has 0 saturated carbocycles. The van der Waals surface area contributed by atoms with E-state index in [-0.39, 0.29) is 11.1 Å². The quantitative estimate of drug-likeness (QED) is 0.375. The Labute approximate surface area is 151 Å². The van der Waals surface area contributed by atoms with E-state index >= 15 is 0 Å². The van der Waals surface area contributed by atoms with E-state index in [2.05, 4.69) is 9.97 Å². The summed E-state index contributed by atoms with van der Waals surface area (Å²) in [7, 11) is 0. The average molecular weight is 375 g/mol. The third kappa shape index (κ3) is 2.77. The maximum Gasteiger partial charge on any atom is 0.222 e. The van der Waals surface area contributed by atoms with Crippen LogP contribution in [-0.4, -0.2) is 9.97 Å². The molecule has 0 atom stereocenters. The zero-order valence-corrected chi connectivity index (χ0v) is 14.5. The highest BCUT2D eigenvalue weighted by Crippen LogP contribution is 2.40. The largest absolute Gasteiger partial charge is 0.226 e. The lowest BCUT2D eigenvalue weighted by atomic mass is 10.0. The zero-order chi connectivity index (χ0) is 16.7. The summed E-state index contributed by atoms with van der Waals surface area (Å²) < 4.78 is 14.7. The van der Waals surface area contributed by atoms with Gasteiger partial charge in [0.05, 0.1) is 10.6 Å². The Kier molecular flexibility index (Phi) is 3.96. The van der Waals surface area contributed by atoms with Gasteiger partial charge in [-0.25, -0.2) is 14.4 Å². The first-order valence-electron chi connectivity index (χ1n) is 7.09. The van der Waals surface area contributed by atoms with Gasteiger partial charge in [-0.05, 0) is 47.3 Å². The van der Waals surface area contributed by atoms with Crippen LogP contribution in [0.3, 0.4) is 0 Å². The number of hydrogen-bond donors (Lipinski definition) is 0. The fourth-order valence-electron chi connectivity index (χ4n) is 2.58. The normalized spacial score (nSPS) is 11.1. The van der Waals surface area contributed by atoms with E-state index in [1.165, 1.54) is 12.1 Å². The molecule has 24 heavy (non-hydrogen) atoms. The van der Waals surface area contributed by atoms with Crippen molar-refractivity contribution >= 4 is 44.6 Å². The Bertz CT molecular complexity index is 1060. The summed E-state index contributed by atoms with van der Waals surface area (Å²) in [5.74, 6) is -0.314. The second-order valence-electron chi connectivity index (χ2n) is 5.17. The summed E-state index contributed by atoms with van der Waals surface area (Å²) in [6, 6.07) is 14.1. The lowest BCUT2D eigenvalue weighted by Gasteiger charge is -2.06. The van der Waals surface area contributed by atoms with Crippen molar-refractivity contribution in [2.45, 2.75) is 0 Å². The fraction of sp³-hybridized carbons (Fsp3) is 0. The molecule has 0 fully saturated rings. The van der Waals surface area contributed by atoms with Crippen LogP contribution in [0.15, 0.2) is 54.7 Å². The van der Waals surface area contributed by atoms with Crippen molar-refractivity contribution in [3.8, 4) is 21.7 Å². The monoisotopic (exact) mass is 374 g/mol. The van der Waals surface area contributed by atoms with Gasteiger partial charge in [0.1, 0.15) is 5.82 Å². The van der Waals surface area contributed by atoms with Crippen molar-refractivity contribution in [3.63, 3.8) is 0 Å². The first-order valence-corrected chi connectivity index (χ1v) is 8.66. The van der Waals surface area contributed by atoms with Gasteiger partial charge < -0.3 is 0 Å². The molecule has 2 nitrogen and oxygen atoms in total. The van der Waals surface area contributed by atoms with Crippen LogP contribution >= 0.6 is 34.5 Å². The summed E-state index contributed by atoms with van der Waals surface area (Å²) in [5.41, 5.74) is 2.33. The van der Waals surface area contributed by atoms with E-state index in [1.54, 1.807) is 23.6 Å². The molecule has 0 aliphatic heterocycles. The molecule has 4 aromatic rings. The molecule has 0 bridgehead atoms. The number of aromatic nitrogens is 2. The minimum Gasteiger partial charge on any atom is -0.226 e. The van der Waals surface area contributed by atoms with E-state index in [1.807, 2.05) is 30.3 Å². The van der Waals surface area contributed by atoms with Gasteiger partial charge >= 0.3 is 0 Å². The maximum absolute atomic E-state index is 13.7. The van der Waals surface area contributed by atoms with Gasteiger partial charge in [0, 0.05) is 27.0 Å². The summed E-state index contributed by atoms with van der Waals surface area (Å²) in [4.78, 5) is 9.12. The highest BCUT2D eigenvalue weighted by molar-refractivity contribution is 7.22. The lowest BCUT2D eigenvalue weighted by Crippen LogP contribution is -1.83. The molecule has 6 heteroatoms. The number of hydrogen-bond acceptors (Lipinski definition) is 3. The van der Waals surface area contributed by atoms with Crippen LogP contribution in [0.25, 0.3) is 31.8 Å². The lowest BCUT2D eigenvalue weighted by molar-refractivity contribution is 0.628. The van der Waals surface area contributed by atoms with E-state index in [4.69, 9.17) is 23.2 Å². The van der Waals surface area contributed by atoms with Crippen molar-refractivity contribution < 1.29 is 4.39 Å². The van der Waals surface area contributed by atoms with Crippen LogP contribution in [-0.2, 0) is 0 Å². The zero-order valence-electron chi connectivity index (χ0n) is 12.1. The number of nitrogens with zero attached hydrogens (tertiary/aromatic N) is 2. The van der Waals surface area contributed by atoms with Gasteiger partial charge in [-0.15, -0.1) is 11.3 Å². The topological polar surface area (TPSA) is 25.8 Å². The molecule has 0 aliphatic rings. The number of benzene rings is 2. The molecule has 2 aromatic carbocycles. The molecule has 2 heterocycles. The number of thiophene rings is 1. The Morgan fingerprint density at radius 1 is 0.958 bits per heavy atom. The molecular formula is C18H9Cl2FN2S. The summed E-state index contributed by atoms with van der Waals surface area (Å²) in [6.07, 6.45) is 1.62. The smallest absolute Gasteiger partial charge is 0.222 e. The van der Waals surface area contributed by atoms with E-state index in [0.717, 1.165) is 26.2 Å². The predicted octanol–water partition coefficient (Wildman–Crippen LogP) is 6.47. The molecule has 0 unspecified atom stereocenters. The minimum atomic E-state index is -0.314. The van der Waals surface area contributed by atoms with Crippen LogP contribution in [0.1, 0.15) is 0 Å². The second kappa shape index (κ2) is 6.13. The van der Waals surface area contributed by atoms with Gasteiger partial charge in [-0.2, -0.15) is 0 Å². The summed E-state index contributed by atoms with van der Waals surface area (Å²) in [5, 5.41) is 1.77. The highest BCUT2D eigenvalue weighted by atomic mass is 35.5. The fourth-order valence-corrected chi connectivity index (χ4v) is 4.10. The van der Waals surface area contributed by atoms with Crippen LogP contribution in [0.5, 0.6) is 0 Å². The van der Waals surface area contributed by atoms with Crippen molar-refractivity contribution in [3.05, 3.63) is 70.9 Å². The van der Waals surface area contributed by atoms with Gasteiger partial charge in [-0.1, -0.05) is 29.8 Å². The summed E-state index contributed by atoms with van der Waals surface area (Å²) >= 11 is 13.7. The van der Waals surface area contributed by atoms with E-state index in [9.17, 15) is 4.39 Å². The summed E-state index contributed by atoms with van der Waals surface area (Å²) in [6.45, 7) is 0. The maximum atomic E-state index is 13.7. The SMILES string of the molecule is Fc1ccc(Cl)c(-c2cccc3cc(-c4ccnc(Cl)n4)sc23)c1. The average Bonchev–Trinajstić information content (AvgIpc) is 3.01. The number of fused-ring (bicyclic) bond motifs is 1. The molecule has 0 radical (unpaired) electrons. The van der Waals surface area contributed by atoms with Crippen molar-refractivity contribution in [1.82, 2.24) is 9.97 Å². The van der Waals surface area contributed by atoms with Crippen molar-refractivity contribution in [2.24, 2.45) is 0 Å². The Balaban J connectivity index is 1.94. The Morgan fingerprint density at radius 2 is 1.83 bits per heavy atom. The third-order valence-corrected chi connectivity index (χ3v) is 5.36. The van der Waals surface area contributed by atoms with Crippen LogP contribution < -0.4 is 0 Å². The van der Waals surface area contributed by atoms with Gasteiger partial charge in [0.25, 0.3) is 0 Å². The second-order valence-corrected chi connectivity index (χ2v) is 6.97.